The molecule has 0 saturated heterocycles. The van der Waals surface area contributed by atoms with Gasteiger partial charge in [0.2, 0.25) is 5.95 Å². The van der Waals surface area contributed by atoms with E-state index >= 15 is 0 Å². The Labute approximate surface area is 101 Å². The van der Waals surface area contributed by atoms with Crippen molar-refractivity contribution in [3.05, 3.63) is 17.8 Å². The van der Waals surface area contributed by atoms with Crippen LogP contribution < -0.4 is 5.73 Å². The first-order chi connectivity index (χ1) is 8.01. The summed E-state index contributed by atoms with van der Waals surface area (Å²) < 4.78 is 2.10. The lowest BCUT2D eigenvalue weighted by molar-refractivity contribution is 0.316. The number of pyridine rings is 1. The van der Waals surface area contributed by atoms with Gasteiger partial charge in [-0.25, -0.2) is 9.97 Å². The van der Waals surface area contributed by atoms with E-state index < -0.39 is 0 Å². The highest BCUT2D eigenvalue weighted by Gasteiger charge is 2.41. The van der Waals surface area contributed by atoms with Crippen LogP contribution in [0.1, 0.15) is 32.3 Å². The molecule has 2 aromatic heterocycles. The van der Waals surface area contributed by atoms with Gasteiger partial charge in [-0.15, -0.1) is 0 Å². The van der Waals surface area contributed by atoms with Gasteiger partial charge in [0.25, 0.3) is 0 Å². The van der Waals surface area contributed by atoms with Crippen molar-refractivity contribution in [1.29, 1.82) is 0 Å². The topological polar surface area (TPSA) is 56.7 Å². The summed E-state index contributed by atoms with van der Waals surface area (Å²) in [7, 11) is 0. The Kier molecular flexibility index (Phi) is 2.00. The minimum atomic E-state index is 0.0135. The maximum absolute atomic E-state index is 6.09. The van der Waals surface area contributed by atoms with Crippen molar-refractivity contribution < 1.29 is 0 Å². The number of nitrogens with zero attached hydrogens (tertiary/aromatic N) is 3. The number of imidazole rings is 1. The van der Waals surface area contributed by atoms with E-state index in [1.54, 1.807) is 0 Å². The predicted octanol–water partition coefficient (Wildman–Crippen LogP) is 2.47. The Morgan fingerprint density at radius 2 is 2.12 bits per heavy atom. The largest absolute Gasteiger partial charge is 0.369 e. The van der Waals surface area contributed by atoms with Gasteiger partial charge < -0.3 is 5.73 Å². The van der Waals surface area contributed by atoms with E-state index in [4.69, 9.17) is 5.73 Å². The zero-order valence-corrected chi connectivity index (χ0v) is 10.6. The molecule has 0 atom stereocenters. The highest BCUT2D eigenvalue weighted by atomic mass is 15.2. The Morgan fingerprint density at radius 1 is 1.41 bits per heavy atom. The molecule has 2 aromatic rings. The van der Waals surface area contributed by atoms with Crippen LogP contribution in [0.2, 0.25) is 0 Å². The number of hydrogen-bond donors (Lipinski definition) is 1. The van der Waals surface area contributed by atoms with Crippen LogP contribution in [0.25, 0.3) is 11.2 Å². The Morgan fingerprint density at radius 3 is 2.76 bits per heavy atom. The van der Waals surface area contributed by atoms with Crippen molar-refractivity contribution in [2.75, 3.05) is 5.73 Å². The average Bonchev–Trinajstić information content (AvgIpc) is 3.03. The minimum absolute atomic E-state index is 0.0135. The Balaban J connectivity index is 2.28. The van der Waals surface area contributed by atoms with Crippen molar-refractivity contribution in [3.63, 3.8) is 0 Å². The van der Waals surface area contributed by atoms with Crippen LogP contribution in [0, 0.1) is 12.8 Å². The van der Waals surface area contributed by atoms with Crippen LogP contribution in [0.5, 0.6) is 0 Å². The van der Waals surface area contributed by atoms with Gasteiger partial charge in [0.05, 0.1) is 0 Å². The van der Waals surface area contributed by atoms with E-state index in [-0.39, 0.29) is 5.54 Å². The van der Waals surface area contributed by atoms with E-state index in [1.165, 1.54) is 12.8 Å². The predicted molar refractivity (Wildman–Crippen MR) is 68.7 cm³/mol. The van der Waals surface area contributed by atoms with Gasteiger partial charge in [-0.1, -0.05) is 0 Å². The number of nitrogens with two attached hydrogens (primary N) is 1. The average molecular weight is 230 g/mol. The van der Waals surface area contributed by atoms with Gasteiger partial charge in [-0.3, -0.25) is 4.57 Å². The third-order valence-corrected chi connectivity index (χ3v) is 3.93. The van der Waals surface area contributed by atoms with Crippen molar-refractivity contribution in [2.24, 2.45) is 5.92 Å². The Hall–Kier alpha value is -1.58. The molecule has 4 nitrogen and oxygen atoms in total. The van der Waals surface area contributed by atoms with Crippen molar-refractivity contribution in [1.82, 2.24) is 14.5 Å². The summed E-state index contributed by atoms with van der Waals surface area (Å²) in [5.41, 5.74) is 9.08. The first-order valence-electron chi connectivity index (χ1n) is 6.12. The monoisotopic (exact) mass is 230 g/mol. The van der Waals surface area contributed by atoms with Crippen molar-refractivity contribution >= 4 is 17.1 Å². The number of nitrogen functional groups attached to an aromatic ring is 1. The fraction of sp³-hybridized carbons (Fsp3) is 0.538. The second-order valence-electron chi connectivity index (χ2n) is 5.53. The molecule has 3 rings (SSSR count). The first-order valence-corrected chi connectivity index (χ1v) is 6.12. The molecule has 2 heterocycles. The van der Waals surface area contributed by atoms with Crippen LogP contribution >= 0.6 is 0 Å². The molecule has 90 valence electrons. The summed E-state index contributed by atoms with van der Waals surface area (Å²) in [6.07, 6.45) is 4.38. The van der Waals surface area contributed by atoms with Gasteiger partial charge in [-0.2, -0.15) is 0 Å². The van der Waals surface area contributed by atoms with Gasteiger partial charge in [0, 0.05) is 11.7 Å². The normalized spacial score (nSPS) is 16.6. The summed E-state index contributed by atoms with van der Waals surface area (Å²) in [5.74, 6) is 1.28. The smallest absolute Gasteiger partial charge is 0.202 e. The lowest BCUT2D eigenvalue weighted by Gasteiger charge is -2.27. The number of rotatable bonds is 2. The number of aromatic nitrogens is 3. The second kappa shape index (κ2) is 3.22. The molecule has 1 aliphatic rings. The molecule has 0 spiro atoms. The van der Waals surface area contributed by atoms with Crippen molar-refractivity contribution in [3.8, 4) is 0 Å². The summed E-state index contributed by atoms with van der Waals surface area (Å²) in [4.78, 5) is 8.93. The summed E-state index contributed by atoms with van der Waals surface area (Å²) in [5, 5.41) is 0. The van der Waals surface area contributed by atoms with E-state index in [0.717, 1.165) is 16.7 Å². The van der Waals surface area contributed by atoms with E-state index in [0.29, 0.717) is 11.9 Å². The number of hydrogen-bond acceptors (Lipinski definition) is 3. The third kappa shape index (κ3) is 1.43. The molecule has 4 heteroatoms. The molecule has 0 bridgehead atoms. The van der Waals surface area contributed by atoms with Crippen LogP contribution in [-0.4, -0.2) is 14.5 Å². The number of fused-ring (bicyclic) bond motifs is 1. The SMILES string of the molecule is Cc1ccnc2c1nc(N)n2C(C)(C)C1CC1. The fourth-order valence-electron chi connectivity index (χ4n) is 2.65. The molecular weight excluding hydrogens is 212 g/mol. The summed E-state index contributed by atoms with van der Waals surface area (Å²) in [6, 6.07) is 1.98. The highest BCUT2D eigenvalue weighted by molar-refractivity contribution is 5.77. The molecule has 1 aliphatic carbocycles. The lowest BCUT2D eigenvalue weighted by Crippen LogP contribution is -2.30. The minimum Gasteiger partial charge on any atom is -0.369 e. The van der Waals surface area contributed by atoms with Gasteiger partial charge in [0.15, 0.2) is 5.65 Å². The summed E-state index contributed by atoms with van der Waals surface area (Å²) in [6.45, 7) is 6.50. The molecule has 1 saturated carbocycles. The quantitative estimate of drug-likeness (QED) is 0.862. The van der Waals surface area contributed by atoms with E-state index in [9.17, 15) is 0 Å². The molecular formula is C13H18N4. The zero-order chi connectivity index (χ0) is 12.2. The zero-order valence-electron chi connectivity index (χ0n) is 10.6. The molecule has 2 N–H and O–H groups in total. The molecule has 0 aliphatic heterocycles. The molecule has 1 fully saturated rings. The van der Waals surface area contributed by atoms with Gasteiger partial charge >= 0.3 is 0 Å². The van der Waals surface area contributed by atoms with E-state index in [2.05, 4.69) is 28.4 Å². The maximum Gasteiger partial charge on any atom is 0.202 e. The fourth-order valence-corrected chi connectivity index (χ4v) is 2.65. The van der Waals surface area contributed by atoms with Gasteiger partial charge in [-0.05, 0) is 51.2 Å². The molecule has 0 amide bonds. The number of aryl methyl sites for hydroxylation is 1. The number of anilines is 1. The molecule has 0 unspecified atom stereocenters. The highest BCUT2D eigenvalue weighted by Crippen LogP contribution is 2.45. The van der Waals surface area contributed by atoms with Crippen LogP contribution in [0.15, 0.2) is 12.3 Å². The molecule has 0 radical (unpaired) electrons. The lowest BCUT2D eigenvalue weighted by atomic mass is 9.98. The van der Waals surface area contributed by atoms with Crippen molar-refractivity contribution in [2.45, 2.75) is 39.2 Å². The van der Waals surface area contributed by atoms with Crippen LogP contribution in [-0.2, 0) is 5.54 Å². The van der Waals surface area contributed by atoms with Gasteiger partial charge in [0.1, 0.15) is 5.52 Å². The van der Waals surface area contributed by atoms with Crippen LogP contribution in [0.3, 0.4) is 0 Å². The summed E-state index contributed by atoms with van der Waals surface area (Å²) >= 11 is 0. The second-order valence-corrected chi connectivity index (χ2v) is 5.53. The Bertz CT molecular complexity index is 578. The standard InChI is InChI=1S/C13H18N4/c1-8-6-7-15-11-10(8)16-12(14)17(11)13(2,3)9-4-5-9/h6-7,9H,4-5H2,1-3H3,(H2,14,16). The first kappa shape index (κ1) is 10.6. The van der Waals surface area contributed by atoms with E-state index in [1.807, 2.05) is 19.2 Å². The molecule has 17 heavy (non-hydrogen) atoms. The van der Waals surface area contributed by atoms with Crippen LogP contribution in [0.4, 0.5) is 5.95 Å². The third-order valence-electron chi connectivity index (χ3n) is 3.93. The molecule has 0 aromatic carbocycles. The maximum atomic E-state index is 6.09.